The molecule has 0 N–H and O–H groups in total. The van der Waals surface area contributed by atoms with Crippen molar-refractivity contribution in [2.45, 2.75) is 108 Å². The van der Waals surface area contributed by atoms with E-state index >= 15 is 0 Å². The van der Waals surface area contributed by atoms with Crippen molar-refractivity contribution in [3.63, 3.8) is 0 Å². The second-order valence-corrected chi connectivity index (χ2v) is 32.5. The molecule has 0 radical (unpaired) electrons. The molecular formula is C43H48Hf. The predicted octanol–water partition coefficient (Wildman–Crippen LogP) is 11.7. The van der Waals surface area contributed by atoms with Crippen LogP contribution in [0.5, 0.6) is 0 Å². The third-order valence-corrected chi connectivity index (χ3v) is 42.3. The van der Waals surface area contributed by atoms with Gasteiger partial charge < -0.3 is 0 Å². The van der Waals surface area contributed by atoms with E-state index in [0.29, 0.717) is 0 Å². The van der Waals surface area contributed by atoms with E-state index in [2.05, 4.69) is 102 Å². The van der Waals surface area contributed by atoms with Crippen molar-refractivity contribution in [1.29, 1.82) is 0 Å². The van der Waals surface area contributed by atoms with Gasteiger partial charge in [0.1, 0.15) is 0 Å². The molecule has 0 amide bonds. The number of rotatable bonds is 6. The maximum atomic E-state index is 2.80. The molecule has 2 spiro atoms. The number of fused-ring (bicyclic) bond motifs is 6. The molecule has 1 heterocycles. The molecule has 2 unspecified atom stereocenters. The van der Waals surface area contributed by atoms with Gasteiger partial charge in [0.25, 0.3) is 0 Å². The maximum absolute atomic E-state index is 3.49. The van der Waals surface area contributed by atoms with Crippen LogP contribution >= 0.6 is 0 Å². The number of benzene rings is 4. The summed E-state index contributed by atoms with van der Waals surface area (Å²) in [4.78, 5) is 0. The van der Waals surface area contributed by atoms with Crippen molar-refractivity contribution in [2.24, 2.45) is 5.41 Å². The zero-order chi connectivity index (χ0) is 30.2. The van der Waals surface area contributed by atoms with Crippen LogP contribution in [0.25, 0.3) is 33.7 Å². The molecule has 0 bridgehead atoms. The topological polar surface area (TPSA) is 0 Å². The normalized spacial score (nSPS) is 26.0. The van der Waals surface area contributed by atoms with E-state index in [1.54, 1.807) is 77.2 Å². The number of hydrogen-bond acceptors (Lipinski definition) is 0. The average Bonchev–Trinajstić information content (AvgIpc) is 3.78. The Morgan fingerprint density at radius 1 is 0.614 bits per heavy atom. The van der Waals surface area contributed by atoms with E-state index in [1.807, 2.05) is 0 Å². The monoisotopic (exact) mass is 744 g/mol. The van der Waals surface area contributed by atoms with Gasteiger partial charge >= 0.3 is 271 Å². The molecule has 1 fully saturated rings. The first-order valence-electron chi connectivity index (χ1n) is 17.8. The number of allylic oxidation sites excluding steroid dienone is 2. The van der Waals surface area contributed by atoms with Crippen LogP contribution in [0.2, 0.25) is 8.35 Å². The SMILES string of the molecule is CCC[CH2][Hf]1([CH2]CCC)[C]2(C(C)=Cc3c2cc2c4c(cccc34)CC2)C(C)(C)[C]12C(C)=Cc1c2cc2c3c(cccc13)CC2. The minimum absolute atomic E-state index is 0.133. The van der Waals surface area contributed by atoms with Gasteiger partial charge in [-0.1, -0.05) is 0 Å². The third-order valence-electron chi connectivity index (χ3n) is 14.0. The zero-order valence-corrected chi connectivity index (χ0v) is 31.4. The van der Waals surface area contributed by atoms with Crippen LogP contribution in [0.4, 0.5) is 0 Å². The summed E-state index contributed by atoms with van der Waals surface area (Å²) in [5.74, 6) is 0. The van der Waals surface area contributed by atoms with Gasteiger partial charge in [0.05, 0.1) is 0 Å². The number of aryl methyl sites for hydroxylation is 4. The summed E-state index contributed by atoms with van der Waals surface area (Å²) in [6, 6.07) is 20.0. The van der Waals surface area contributed by atoms with Gasteiger partial charge in [-0.15, -0.1) is 0 Å². The van der Waals surface area contributed by atoms with Gasteiger partial charge in [0.15, 0.2) is 0 Å². The quantitative estimate of drug-likeness (QED) is 0.173. The minimum atomic E-state index is -3.49. The van der Waals surface area contributed by atoms with E-state index in [9.17, 15) is 0 Å². The Hall–Kier alpha value is -2.25. The Bertz CT molecular complexity index is 1860. The van der Waals surface area contributed by atoms with Crippen LogP contribution in [-0.4, -0.2) is 0 Å². The summed E-state index contributed by atoms with van der Waals surface area (Å²) in [5, 5.41) is 6.30. The molecule has 1 aliphatic heterocycles. The van der Waals surface area contributed by atoms with Gasteiger partial charge in [-0.05, 0) is 0 Å². The van der Waals surface area contributed by atoms with Crippen molar-refractivity contribution < 1.29 is 20.0 Å². The van der Waals surface area contributed by atoms with E-state index in [4.69, 9.17) is 0 Å². The molecule has 4 aromatic carbocycles. The fourth-order valence-corrected chi connectivity index (χ4v) is 48.7. The molecule has 1 heteroatoms. The van der Waals surface area contributed by atoms with Crippen LogP contribution < -0.4 is 0 Å². The molecule has 0 nitrogen and oxygen atoms in total. The summed E-state index contributed by atoms with van der Waals surface area (Å²) in [6.07, 6.45) is 15.7. The first-order chi connectivity index (χ1) is 21.3. The van der Waals surface area contributed by atoms with Crippen LogP contribution in [0.3, 0.4) is 0 Å². The first-order valence-corrected chi connectivity index (χ1v) is 26.5. The van der Waals surface area contributed by atoms with E-state index in [1.165, 1.54) is 59.7 Å². The molecule has 0 aromatic heterocycles. The van der Waals surface area contributed by atoms with Crippen molar-refractivity contribution in [1.82, 2.24) is 0 Å². The Kier molecular flexibility index (Phi) is 5.84. The van der Waals surface area contributed by atoms with Gasteiger partial charge in [-0.25, -0.2) is 0 Å². The van der Waals surface area contributed by atoms with E-state index in [-0.39, 0.29) is 11.8 Å². The van der Waals surface area contributed by atoms with Crippen molar-refractivity contribution in [3.05, 3.63) is 104 Å². The summed E-state index contributed by atoms with van der Waals surface area (Å²) in [6.45, 7) is 15.6. The molecule has 5 aliphatic rings. The molecule has 4 aliphatic carbocycles. The molecular weight excluding hydrogens is 695 g/mol. The number of hydrogen-bond donors (Lipinski definition) is 0. The molecule has 4 aromatic rings. The predicted molar refractivity (Wildman–Crippen MR) is 187 cm³/mol. The van der Waals surface area contributed by atoms with Crippen molar-refractivity contribution in [3.8, 4) is 0 Å². The number of unbranched alkanes of at least 4 members (excludes halogenated alkanes) is 2. The van der Waals surface area contributed by atoms with Crippen molar-refractivity contribution >= 4 is 33.7 Å². The molecule has 44 heavy (non-hydrogen) atoms. The van der Waals surface area contributed by atoms with Gasteiger partial charge in [0.2, 0.25) is 0 Å². The second-order valence-electron chi connectivity index (χ2n) is 15.7. The Morgan fingerprint density at radius 3 is 1.48 bits per heavy atom. The molecule has 2 atom stereocenters. The van der Waals surface area contributed by atoms with E-state index < -0.39 is 20.0 Å². The zero-order valence-electron chi connectivity index (χ0n) is 27.8. The summed E-state index contributed by atoms with van der Waals surface area (Å²) in [7, 11) is 0. The van der Waals surface area contributed by atoms with Crippen LogP contribution in [0, 0.1) is 5.41 Å². The standard InChI is InChI=1S/C35H30.2C4H9.Hf/c1-19-15-27-25-9-5-7-21-11-13-23(31(21)25)17-29(27)33(19)35(3,4)34-20(2)16-28-26-10-6-8-22-12-14-24(32(22)26)18-30(28)34;2*1-3-4-2;/h5-10,15-18H,11-14H2,1-4H3;2*1,3-4H2,2H3;. The average molecular weight is 743 g/mol. The fraction of sp³-hybridized carbons (Fsp3) is 0.442. The Balaban J connectivity index is 1.40. The first kappa shape index (κ1) is 28.0. The van der Waals surface area contributed by atoms with Crippen molar-refractivity contribution in [2.75, 3.05) is 0 Å². The Labute approximate surface area is 269 Å². The van der Waals surface area contributed by atoms with Crippen LogP contribution in [-0.2, 0) is 52.0 Å². The summed E-state index contributed by atoms with van der Waals surface area (Å²) in [5.41, 5.74) is 16.8. The summed E-state index contributed by atoms with van der Waals surface area (Å²) < 4.78 is 3.53. The van der Waals surface area contributed by atoms with E-state index in [0.717, 1.165) is 0 Å². The van der Waals surface area contributed by atoms with Gasteiger partial charge in [0, 0.05) is 0 Å². The second kappa shape index (κ2) is 9.18. The summed E-state index contributed by atoms with van der Waals surface area (Å²) >= 11 is -3.49. The van der Waals surface area contributed by atoms with Gasteiger partial charge in [-0.2, -0.15) is 0 Å². The molecule has 9 rings (SSSR count). The molecule has 0 saturated carbocycles. The van der Waals surface area contributed by atoms with Crippen LogP contribution in [0.1, 0.15) is 112 Å². The third kappa shape index (κ3) is 2.81. The van der Waals surface area contributed by atoms with Crippen LogP contribution in [0.15, 0.2) is 59.7 Å². The fourth-order valence-electron chi connectivity index (χ4n) is 13.2. The molecule has 1 saturated heterocycles. The van der Waals surface area contributed by atoms with Gasteiger partial charge in [-0.3, -0.25) is 0 Å². The Morgan fingerprint density at radius 2 is 1.05 bits per heavy atom. The molecule has 224 valence electrons.